The first-order valence-corrected chi connectivity index (χ1v) is 6.90. The molecule has 1 aromatic rings. The fourth-order valence-electron chi connectivity index (χ4n) is 2.16. The number of rotatable bonds is 3. The van der Waals surface area contributed by atoms with Crippen LogP contribution in [0.3, 0.4) is 0 Å². The zero-order valence-electron chi connectivity index (χ0n) is 11.6. The largest absolute Gasteiger partial charge is 0.381 e. The summed E-state index contributed by atoms with van der Waals surface area (Å²) in [6.45, 7) is 3.70. The van der Waals surface area contributed by atoms with Crippen molar-refractivity contribution in [2.24, 2.45) is 5.92 Å². The Morgan fingerprint density at radius 3 is 3.00 bits per heavy atom. The highest BCUT2D eigenvalue weighted by atomic mass is 35.5. The predicted octanol–water partition coefficient (Wildman–Crippen LogP) is 3.29. The molecular weight excluding hydrogens is 283 g/mol. The fourth-order valence-corrected chi connectivity index (χ4v) is 2.36. The van der Waals surface area contributed by atoms with Crippen molar-refractivity contribution >= 4 is 23.3 Å². The third-order valence-corrected chi connectivity index (χ3v) is 3.71. The van der Waals surface area contributed by atoms with E-state index in [1.165, 1.54) is 12.1 Å². The molecule has 6 heteroatoms. The van der Waals surface area contributed by atoms with Gasteiger partial charge in [0, 0.05) is 26.1 Å². The van der Waals surface area contributed by atoms with Crippen molar-refractivity contribution in [1.29, 1.82) is 0 Å². The zero-order valence-corrected chi connectivity index (χ0v) is 12.3. The van der Waals surface area contributed by atoms with Crippen molar-refractivity contribution in [3.8, 4) is 0 Å². The Labute approximate surface area is 122 Å². The molecule has 0 saturated carbocycles. The van der Waals surface area contributed by atoms with E-state index >= 15 is 0 Å². The molecule has 110 valence electrons. The molecule has 1 atom stereocenters. The van der Waals surface area contributed by atoms with Gasteiger partial charge in [0.15, 0.2) is 0 Å². The van der Waals surface area contributed by atoms with Gasteiger partial charge < -0.3 is 15.0 Å². The number of aryl methyl sites for hydroxylation is 1. The van der Waals surface area contributed by atoms with Crippen LogP contribution in [0.4, 0.5) is 14.9 Å². The molecule has 1 saturated heterocycles. The topological polar surface area (TPSA) is 41.6 Å². The maximum Gasteiger partial charge on any atom is 0.321 e. The van der Waals surface area contributed by atoms with Crippen LogP contribution < -0.4 is 5.32 Å². The summed E-state index contributed by atoms with van der Waals surface area (Å²) in [5.41, 5.74) is 0.863. The molecule has 2 amide bonds. The number of amides is 2. The van der Waals surface area contributed by atoms with Gasteiger partial charge in [-0.15, -0.1) is 0 Å². The van der Waals surface area contributed by atoms with E-state index in [1.54, 1.807) is 18.9 Å². The Balaban J connectivity index is 1.98. The van der Waals surface area contributed by atoms with E-state index in [4.69, 9.17) is 16.3 Å². The summed E-state index contributed by atoms with van der Waals surface area (Å²) in [6, 6.07) is 2.48. The summed E-state index contributed by atoms with van der Waals surface area (Å²) >= 11 is 5.93. The first-order valence-electron chi connectivity index (χ1n) is 6.53. The second-order valence-corrected chi connectivity index (χ2v) is 5.53. The maximum absolute atomic E-state index is 13.3. The highest BCUT2D eigenvalue weighted by Gasteiger charge is 2.20. The van der Waals surface area contributed by atoms with Gasteiger partial charge in [-0.05, 0) is 31.0 Å². The molecule has 1 fully saturated rings. The number of ether oxygens (including phenoxy) is 1. The second-order valence-electron chi connectivity index (χ2n) is 5.12. The summed E-state index contributed by atoms with van der Waals surface area (Å²) in [6.07, 6.45) is 0.966. The molecule has 1 aliphatic heterocycles. The van der Waals surface area contributed by atoms with Crippen molar-refractivity contribution in [3.05, 3.63) is 28.5 Å². The van der Waals surface area contributed by atoms with Gasteiger partial charge >= 0.3 is 6.03 Å². The van der Waals surface area contributed by atoms with Gasteiger partial charge in [-0.25, -0.2) is 9.18 Å². The van der Waals surface area contributed by atoms with Crippen LogP contribution in [0.5, 0.6) is 0 Å². The molecule has 0 aliphatic carbocycles. The number of carbonyl (C=O) groups is 1. The van der Waals surface area contributed by atoms with Crippen LogP contribution in [0.1, 0.15) is 12.0 Å². The lowest BCUT2D eigenvalue weighted by Gasteiger charge is -2.21. The standard InChI is InChI=1S/C14H18ClFN2O2/c1-9-5-13(11(15)6-12(9)16)17-14(19)18(2)7-10-3-4-20-8-10/h5-6,10H,3-4,7-8H2,1-2H3,(H,17,19)/t10-/m0/s1. The normalized spacial score (nSPS) is 18.1. The highest BCUT2D eigenvalue weighted by Crippen LogP contribution is 2.25. The minimum absolute atomic E-state index is 0.194. The molecule has 1 aromatic carbocycles. The summed E-state index contributed by atoms with van der Waals surface area (Å²) in [5.74, 6) is -0.0133. The minimum Gasteiger partial charge on any atom is -0.381 e. The van der Waals surface area contributed by atoms with Crippen LogP contribution in [0.2, 0.25) is 5.02 Å². The van der Waals surface area contributed by atoms with E-state index in [0.717, 1.165) is 13.0 Å². The van der Waals surface area contributed by atoms with Crippen molar-refractivity contribution < 1.29 is 13.9 Å². The van der Waals surface area contributed by atoms with Crippen LogP contribution in [-0.2, 0) is 4.74 Å². The molecule has 20 heavy (non-hydrogen) atoms. The lowest BCUT2D eigenvalue weighted by atomic mass is 10.1. The molecule has 0 spiro atoms. The Morgan fingerprint density at radius 1 is 1.60 bits per heavy atom. The number of benzene rings is 1. The first-order chi connectivity index (χ1) is 9.47. The number of carbonyl (C=O) groups excluding carboxylic acids is 1. The van der Waals surface area contributed by atoms with Crippen molar-refractivity contribution in [2.75, 3.05) is 32.1 Å². The Kier molecular flexibility index (Phi) is 4.83. The van der Waals surface area contributed by atoms with Crippen LogP contribution in [0.15, 0.2) is 12.1 Å². The lowest BCUT2D eigenvalue weighted by molar-refractivity contribution is 0.175. The number of halogens is 2. The molecule has 1 heterocycles. The molecule has 0 radical (unpaired) electrons. The van der Waals surface area contributed by atoms with Crippen molar-refractivity contribution in [1.82, 2.24) is 4.90 Å². The van der Waals surface area contributed by atoms with E-state index in [-0.39, 0.29) is 16.9 Å². The third kappa shape index (κ3) is 3.61. The van der Waals surface area contributed by atoms with E-state index in [2.05, 4.69) is 5.32 Å². The number of hydrogen-bond acceptors (Lipinski definition) is 2. The number of nitrogens with zero attached hydrogens (tertiary/aromatic N) is 1. The van der Waals surface area contributed by atoms with Gasteiger partial charge in [-0.3, -0.25) is 0 Å². The molecule has 2 rings (SSSR count). The van der Waals surface area contributed by atoms with Crippen molar-refractivity contribution in [2.45, 2.75) is 13.3 Å². The third-order valence-electron chi connectivity index (χ3n) is 3.39. The van der Waals surface area contributed by atoms with E-state index in [0.29, 0.717) is 30.3 Å². The summed E-state index contributed by atoms with van der Waals surface area (Å²) in [7, 11) is 1.72. The molecule has 1 N–H and O–H groups in total. The SMILES string of the molecule is Cc1cc(NC(=O)N(C)C[C@@H]2CCOC2)c(Cl)cc1F. The fraction of sp³-hybridized carbons (Fsp3) is 0.500. The number of anilines is 1. The van der Waals surface area contributed by atoms with E-state index in [9.17, 15) is 9.18 Å². The van der Waals surface area contributed by atoms with E-state index < -0.39 is 0 Å². The second kappa shape index (κ2) is 6.41. The van der Waals surface area contributed by atoms with E-state index in [1.807, 2.05) is 0 Å². The predicted molar refractivity (Wildman–Crippen MR) is 76.7 cm³/mol. The van der Waals surface area contributed by atoms with Gasteiger partial charge in [0.1, 0.15) is 5.82 Å². The Morgan fingerprint density at radius 2 is 2.35 bits per heavy atom. The number of urea groups is 1. The molecule has 4 nitrogen and oxygen atoms in total. The minimum atomic E-state index is -0.385. The van der Waals surface area contributed by atoms with Crippen LogP contribution in [0.25, 0.3) is 0 Å². The van der Waals surface area contributed by atoms with Gasteiger partial charge in [0.2, 0.25) is 0 Å². The zero-order chi connectivity index (χ0) is 14.7. The molecule has 1 aliphatic rings. The van der Waals surface area contributed by atoms with Gasteiger partial charge in [0.25, 0.3) is 0 Å². The average molecular weight is 301 g/mol. The lowest BCUT2D eigenvalue weighted by Crippen LogP contribution is -2.35. The Bertz CT molecular complexity index is 504. The molecule has 0 aromatic heterocycles. The monoisotopic (exact) mass is 300 g/mol. The quantitative estimate of drug-likeness (QED) is 0.930. The summed E-state index contributed by atoms with van der Waals surface area (Å²) in [5, 5.41) is 2.89. The number of hydrogen-bond donors (Lipinski definition) is 1. The van der Waals surface area contributed by atoms with Gasteiger partial charge in [0.05, 0.1) is 17.3 Å². The average Bonchev–Trinajstić information content (AvgIpc) is 2.88. The Hall–Kier alpha value is -1.33. The van der Waals surface area contributed by atoms with Gasteiger partial charge in [-0.1, -0.05) is 11.6 Å². The summed E-state index contributed by atoms with van der Waals surface area (Å²) < 4.78 is 18.6. The maximum atomic E-state index is 13.3. The molecular formula is C14H18ClFN2O2. The van der Waals surface area contributed by atoms with Crippen LogP contribution in [0, 0.1) is 18.7 Å². The van der Waals surface area contributed by atoms with Crippen LogP contribution in [-0.4, -0.2) is 37.7 Å². The summed E-state index contributed by atoms with van der Waals surface area (Å²) in [4.78, 5) is 13.7. The highest BCUT2D eigenvalue weighted by molar-refractivity contribution is 6.33. The van der Waals surface area contributed by atoms with Gasteiger partial charge in [-0.2, -0.15) is 0 Å². The van der Waals surface area contributed by atoms with Crippen LogP contribution >= 0.6 is 11.6 Å². The molecule has 0 bridgehead atoms. The first kappa shape index (κ1) is 15.1. The molecule has 0 unspecified atom stereocenters. The number of nitrogens with one attached hydrogen (secondary N) is 1. The smallest absolute Gasteiger partial charge is 0.321 e. The van der Waals surface area contributed by atoms with Crippen molar-refractivity contribution in [3.63, 3.8) is 0 Å².